The van der Waals surface area contributed by atoms with Gasteiger partial charge in [-0.3, -0.25) is 9.59 Å². The predicted molar refractivity (Wildman–Crippen MR) is 107 cm³/mol. The molecule has 0 radical (unpaired) electrons. The summed E-state index contributed by atoms with van der Waals surface area (Å²) in [6.07, 6.45) is 1.51. The van der Waals surface area contributed by atoms with E-state index in [0.29, 0.717) is 28.7 Å². The molecular weight excluding hydrogens is 389 g/mol. The van der Waals surface area contributed by atoms with E-state index in [1.807, 2.05) is 6.92 Å². The van der Waals surface area contributed by atoms with E-state index in [9.17, 15) is 9.59 Å². The van der Waals surface area contributed by atoms with Crippen molar-refractivity contribution in [1.29, 1.82) is 0 Å². The van der Waals surface area contributed by atoms with E-state index in [4.69, 9.17) is 27.9 Å². The van der Waals surface area contributed by atoms with Crippen molar-refractivity contribution in [3.8, 4) is 0 Å². The summed E-state index contributed by atoms with van der Waals surface area (Å²) in [6, 6.07) is 5.08. The summed E-state index contributed by atoms with van der Waals surface area (Å²) < 4.78 is 5.33. The number of carbonyl (C=O) groups is 2. The SMILES string of the molecule is C[C@H](CC(=O)NCCC[NH+]1CCOCC1)CC(=O)Nc1cccc(Cl)c1Cl. The van der Waals surface area contributed by atoms with Crippen molar-refractivity contribution >= 4 is 40.7 Å². The molecule has 1 aromatic rings. The maximum atomic E-state index is 12.1. The van der Waals surface area contributed by atoms with Gasteiger partial charge < -0.3 is 20.3 Å². The monoisotopic (exact) mass is 416 g/mol. The van der Waals surface area contributed by atoms with Gasteiger partial charge in [0.05, 0.1) is 35.5 Å². The van der Waals surface area contributed by atoms with Crippen molar-refractivity contribution in [3.63, 3.8) is 0 Å². The van der Waals surface area contributed by atoms with Crippen LogP contribution in [-0.4, -0.2) is 51.2 Å². The highest BCUT2D eigenvalue weighted by Crippen LogP contribution is 2.29. The van der Waals surface area contributed by atoms with E-state index in [1.165, 1.54) is 4.90 Å². The van der Waals surface area contributed by atoms with Crippen LogP contribution in [0.2, 0.25) is 10.0 Å². The Morgan fingerprint density at radius 2 is 1.89 bits per heavy atom. The van der Waals surface area contributed by atoms with Gasteiger partial charge in [-0.15, -0.1) is 0 Å². The van der Waals surface area contributed by atoms with Crippen molar-refractivity contribution < 1.29 is 19.2 Å². The Hall–Kier alpha value is -1.34. The standard InChI is InChI=1S/C19H27Cl2N3O3/c1-14(13-18(26)23-16-5-2-4-15(20)19(16)21)12-17(25)22-6-3-7-24-8-10-27-11-9-24/h2,4-5,14H,3,6-13H2,1H3,(H,22,25)(H,23,26)/p+1/t14-/m1/s1. The molecule has 1 fully saturated rings. The third kappa shape index (κ3) is 8.05. The second kappa shape index (κ2) is 11.5. The second-order valence-electron chi connectivity index (χ2n) is 6.98. The third-order valence-electron chi connectivity index (χ3n) is 4.52. The number of halogens is 2. The van der Waals surface area contributed by atoms with Crippen LogP contribution < -0.4 is 15.5 Å². The molecule has 27 heavy (non-hydrogen) atoms. The number of carbonyl (C=O) groups excluding carboxylic acids is 2. The van der Waals surface area contributed by atoms with Crippen molar-refractivity contribution in [2.24, 2.45) is 5.92 Å². The third-order valence-corrected chi connectivity index (χ3v) is 5.34. The highest BCUT2D eigenvalue weighted by molar-refractivity contribution is 6.43. The molecule has 1 aromatic carbocycles. The zero-order valence-electron chi connectivity index (χ0n) is 15.7. The number of amides is 2. The lowest BCUT2D eigenvalue weighted by Gasteiger charge is -2.23. The van der Waals surface area contributed by atoms with Crippen molar-refractivity contribution in [1.82, 2.24) is 5.32 Å². The molecule has 150 valence electrons. The van der Waals surface area contributed by atoms with Gasteiger partial charge in [-0.2, -0.15) is 0 Å². The number of ether oxygens (including phenoxy) is 1. The van der Waals surface area contributed by atoms with Gasteiger partial charge in [-0.25, -0.2) is 0 Å². The lowest BCUT2D eigenvalue weighted by molar-refractivity contribution is -0.908. The van der Waals surface area contributed by atoms with Gasteiger partial charge in [0.15, 0.2) is 0 Å². The molecule has 0 unspecified atom stereocenters. The molecule has 2 rings (SSSR count). The van der Waals surface area contributed by atoms with E-state index >= 15 is 0 Å². The average Bonchev–Trinajstić information content (AvgIpc) is 2.63. The Balaban J connectivity index is 1.62. The van der Waals surface area contributed by atoms with E-state index in [-0.39, 0.29) is 24.2 Å². The first-order valence-corrected chi connectivity index (χ1v) is 10.1. The number of quaternary nitrogens is 1. The van der Waals surface area contributed by atoms with Crippen molar-refractivity contribution in [3.05, 3.63) is 28.2 Å². The number of rotatable bonds is 9. The smallest absolute Gasteiger partial charge is 0.224 e. The largest absolute Gasteiger partial charge is 0.370 e. The Morgan fingerprint density at radius 1 is 1.19 bits per heavy atom. The molecule has 8 heteroatoms. The van der Waals surface area contributed by atoms with Crippen LogP contribution in [0.1, 0.15) is 26.2 Å². The van der Waals surface area contributed by atoms with Crippen LogP contribution in [-0.2, 0) is 14.3 Å². The van der Waals surface area contributed by atoms with Crippen LogP contribution in [0, 0.1) is 5.92 Å². The predicted octanol–water partition coefficient (Wildman–Crippen LogP) is 1.77. The van der Waals surface area contributed by atoms with Crippen molar-refractivity contribution in [2.45, 2.75) is 26.2 Å². The molecule has 0 aromatic heterocycles. The summed E-state index contributed by atoms with van der Waals surface area (Å²) in [4.78, 5) is 25.7. The number of hydrogen-bond acceptors (Lipinski definition) is 3. The molecule has 0 aliphatic carbocycles. The number of hydrogen-bond donors (Lipinski definition) is 3. The van der Waals surface area contributed by atoms with Gasteiger partial charge in [0.2, 0.25) is 11.8 Å². The van der Waals surface area contributed by atoms with Gasteiger partial charge in [-0.1, -0.05) is 36.2 Å². The summed E-state index contributed by atoms with van der Waals surface area (Å²) in [7, 11) is 0. The lowest BCUT2D eigenvalue weighted by Crippen LogP contribution is -3.14. The molecule has 1 aliphatic rings. The fourth-order valence-corrected chi connectivity index (χ4v) is 3.40. The number of morpholine rings is 1. The molecular formula is C19H28Cl2N3O3+. The molecule has 3 N–H and O–H groups in total. The maximum Gasteiger partial charge on any atom is 0.224 e. The molecule has 6 nitrogen and oxygen atoms in total. The molecule has 1 heterocycles. The first kappa shape index (κ1) is 22.0. The molecule has 0 bridgehead atoms. The van der Waals surface area contributed by atoms with E-state index < -0.39 is 0 Å². The van der Waals surface area contributed by atoms with Crippen LogP contribution in [0.3, 0.4) is 0 Å². The first-order valence-electron chi connectivity index (χ1n) is 9.37. The molecule has 1 aliphatic heterocycles. The molecule has 0 spiro atoms. The summed E-state index contributed by atoms with van der Waals surface area (Å²) in [6.45, 7) is 7.32. The van der Waals surface area contributed by atoms with Crippen LogP contribution in [0.15, 0.2) is 18.2 Å². The fourth-order valence-electron chi connectivity index (χ4n) is 3.06. The highest BCUT2D eigenvalue weighted by Gasteiger charge is 2.16. The Kier molecular flexibility index (Phi) is 9.34. The summed E-state index contributed by atoms with van der Waals surface area (Å²) in [5.74, 6) is -0.267. The topological polar surface area (TPSA) is 71.9 Å². The number of nitrogens with one attached hydrogen (secondary N) is 3. The summed E-state index contributed by atoms with van der Waals surface area (Å²) in [5.41, 5.74) is 0.483. The van der Waals surface area contributed by atoms with Crippen LogP contribution in [0.25, 0.3) is 0 Å². The Bertz CT molecular complexity index is 637. The Morgan fingerprint density at radius 3 is 2.63 bits per heavy atom. The number of benzene rings is 1. The Labute approximate surface area is 170 Å². The van der Waals surface area contributed by atoms with Gasteiger partial charge >= 0.3 is 0 Å². The van der Waals surface area contributed by atoms with Crippen LogP contribution in [0.4, 0.5) is 5.69 Å². The molecule has 0 saturated carbocycles. The second-order valence-corrected chi connectivity index (χ2v) is 7.76. The van der Waals surface area contributed by atoms with E-state index in [0.717, 1.165) is 39.3 Å². The zero-order valence-corrected chi connectivity index (χ0v) is 17.2. The average molecular weight is 417 g/mol. The first-order chi connectivity index (χ1) is 13.0. The molecule has 1 atom stereocenters. The van der Waals surface area contributed by atoms with Crippen molar-refractivity contribution in [2.75, 3.05) is 44.7 Å². The van der Waals surface area contributed by atoms with Crippen LogP contribution in [0.5, 0.6) is 0 Å². The minimum atomic E-state index is -0.185. The lowest BCUT2D eigenvalue weighted by atomic mass is 10.0. The van der Waals surface area contributed by atoms with Gasteiger partial charge in [0.25, 0.3) is 0 Å². The molecule has 2 amide bonds. The number of anilines is 1. The fraction of sp³-hybridized carbons (Fsp3) is 0.579. The van der Waals surface area contributed by atoms with Crippen LogP contribution >= 0.6 is 23.2 Å². The quantitative estimate of drug-likeness (QED) is 0.537. The molecule has 1 saturated heterocycles. The summed E-state index contributed by atoms with van der Waals surface area (Å²) >= 11 is 12.0. The minimum Gasteiger partial charge on any atom is -0.370 e. The van der Waals surface area contributed by atoms with E-state index in [2.05, 4.69) is 10.6 Å². The summed E-state index contributed by atoms with van der Waals surface area (Å²) in [5, 5.41) is 6.39. The zero-order chi connectivity index (χ0) is 19.6. The van der Waals surface area contributed by atoms with E-state index in [1.54, 1.807) is 18.2 Å². The maximum absolute atomic E-state index is 12.1. The normalized spacial score (nSPS) is 16.0. The van der Waals surface area contributed by atoms with Gasteiger partial charge in [0, 0.05) is 25.8 Å². The highest BCUT2D eigenvalue weighted by atomic mass is 35.5. The van der Waals surface area contributed by atoms with Gasteiger partial charge in [0.1, 0.15) is 13.1 Å². The van der Waals surface area contributed by atoms with Gasteiger partial charge in [-0.05, 0) is 18.1 Å². The minimum absolute atomic E-state index is 0.0203.